The lowest BCUT2D eigenvalue weighted by Gasteiger charge is -2.07. The second-order valence-corrected chi connectivity index (χ2v) is 4.32. The fraction of sp³-hybridized carbons (Fsp3) is 0.0833. The molecule has 1 aromatic heterocycles. The number of furan rings is 1. The van der Waals surface area contributed by atoms with E-state index in [2.05, 4.69) is 0 Å². The third-order valence-corrected chi connectivity index (χ3v) is 2.89. The summed E-state index contributed by atoms with van der Waals surface area (Å²) in [5, 5.41) is 10.7. The molecule has 0 radical (unpaired) electrons. The molecular weight excluding hydrogens is 302 g/mol. The molecule has 2 aromatic rings. The summed E-state index contributed by atoms with van der Waals surface area (Å²) in [5.41, 5.74) is 2.27. The number of nitrogens with one attached hydrogen (secondary N) is 1. The van der Waals surface area contributed by atoms with Gasteiger partial charge in [-0.2, -0.15) is 0 Å². The third kappa shape index (κ3) is 3.30. The van der Waals surface area contributed by atoms with Crippen LogP contribution < -0.4 is 16.0 Å². The number of carbonyl (C=O) groups is 1. The van der Waals surface area contributed by atoms with Gasteiger partial charge in [-0.1, -0.05) is 11.6 Å². The van der Waals surface area contributed by atoms with Crippen molar-refractivity contribution in [1.82, 2.24) is 5.43 Å². The first-order valence-electron chi connectivity index (χ1n) is 5.67. The van der Waals surface area contributed by atoms with Crippen LogP contribution >= 0.6 is 11.6 Å². The van der Waals surface area contributed by atoms with Crippen LogP contribution in [0.2, 0.25) is 5.02 Å². The van der Waals surface area contributed by atoms with Crippen LogP contribution in [0.1, 0.15) is 16.1 Å². The van der Waals surface area contributed by atoms with Gasteiger partial charge in [0, 0.05) is 17.7 Å². The third-order valence-electron chi connectivity index (χ3n) is 2.59. The Morgan fingerprint density at radius 2 is 2.24 bits per heavy atom. The maximum atomic E-state index is 11.4. The molecule has 0 aliphatic heterocycles. The maximum Gasteiger partial charge on any atom is 0.301 e. The van der Waals surface area contributed by atoms with Gasteiger partial charge in [0.2, 0.25) is 0 Å². The molecule has 0 aliphatic carbocycles. The Morgan fingerprint density at radius 1 is 1.48 bits per heavy atom. The number of ether oxygens (including phenoxy) is 1. The number of rotatable bonds is 5. The molecule has 1 heterocycles. The van der Waals surface area contributed by atoms with Crippen molar-refractivity contribution in [3.05, 3.63) is 57.0 Å². The van der Waals surface area contributed by atoms with Crippen molar-refractivity contribution in [2.45, 2.75) is 6.61 Å². The van der Waals surface area contributed by atoms with Crippen LogP contribution in [-0.2, 0) is 6.61 Å². The second kappa shape index (κ2) is 6.25. The quantitative estimate of drug-likeness (QED) is 0.377. The summed E-state index contributed by atoms with van der Waals surface area (Å²) < 4.78 is 10.4. The van der Waals surface area contributed by atoms with Gasteiger partial charge in [0.1, 0.15) is 12.4 Å². The first kappa shape index (κ1) is 14.8. The summed E-state index contributed by atoms with van der Waals surface area (Å²) in [6.07, 6.45) is 1.32. The standard InChI is InChI=1S/C12H10ClN3O5/c13-9-5-8(16(18)19)1-2-10(9)21-6-7-3-4-20-11(7)12(17)15-14/h1-5H,6,14H2,(H,15,17). The average Bonchev–Trinajstić information content (AvgIpc) is 2.93. The molecule has 1 amide bonds. The van der Waals surface area contributed by atoms with Crippen molar-refractivity contribution in [1.29, 1.82) is 0 Å². The Kier molecular flexibility index (Phi) is 4.41. The predicted octanol–water partition coefficient (Wildman–Crippen LogP) is 2.02. The molecule has 9 heteroatoms. The molecule has 21 heavy (non-hydrogen) atoms. The van der Waals surface area contributed by atoms with Gasteiger partial charge in [-0.3, -0.25) is 20.3 Å². The lowest BCUT2D eigenvalue weighted by molar-refractivity contribution is -0.384. The fourth-order valence-corrected chi connectivity index (χ4v) is 1.82. The van der Waals surface area contributed by atoms with E-state index < -0.39 is 10.8 Å². The minimum atomic E-state index is -0.589. The molecule has 0 saturated carbocycles. The highest BCUT2D eigenvalue weighted by Gasteiger charge is 2.16. The summed E-state index contributed by atoms with van der Waals surface area (Å²) in [4.78, 5) is 21.4. The van der Waals surface area contributed by atoms with Crippen molar-refractivity contribution >= 4 is 23.2 Å². The lowest BCUT2D eigenvalue weighted by atomic mass is 10.2. The number of amides is 1. The van der Waals surface area contributed by atoms with Crippen LogP contribution in [-0.4, -0.2) is 10.8 Å². The number of non-ortho nitro benzene ring substituents is 1. The Bertz CT molecular complexity index is 685. The zero-order valence-electron chi connectivity index (χ0n) is 10.5. The zero-order valence-corrected chi connectivity index (χ0v) is 11.3. The molecule has 110 valence electrons. The molecule has 0 spiro atoms. The summed E-state index contributed by atoms with van der Waals surface area (Å²) >= 11 is 5.89. The number of hydrogen-bond donors (Lipinski definition) is 2. The highest BCUT2D eigenvalue weighted by molar-refractivity contribution is 6.32. The van der Waals surface area contributed by atoms with Crippen LogP contribution in [0.15, 0.2) is 34.9 Å². The van der Waals surface area contributed by atoms with Gasteiger partial charge in [-0.25, -0.2) is 5.84 Å². The van der Waals surface area contributed by atoms with Crippen LogP contribution in [0.4, 0.5) is 5.69 Å². The van der Waals surface area contributed by atoms with Crippen molar-refractivity contribution in [3.63, 3.8) is 0 Å². The van der Waals surface area contributed by atoms with E-state index in [1.54, 1.807) is 6.07 Å². The number of carbonyl (C=O) groups excluding carboxylic acids is 1. The average molecular weight is 312 g/mol. The SMILES string of the molecule is NNC(=O)c1occc1COc1ccc([N+](=O)[O-])cc1Cl. The summed E-state index contributed by atoms with van der Waals surface area (Å²) in [5.74, 6) is 4.71. The van der Waals surface area contributed by atoms with E-state index >= 15 is 0 Å². The molecule has 1 aromatic carbocycles. The number of hydrazine groups is 1. The highest BCUT2D eigenvalue weighted by Crippen LogP contribution is 2.29. The predicted molar refractivity (Wildman–Crippen MR) is 72.8 cm³/mol. The van der Waals surface area contributed by atoms with Gasteiger partial charge in [0.15, 0.2) is 5.76 Å². The number of halogens is 1. The number of nitrogens with zero attached hydrogens (tertiary/aromatic N) is 1. The minimum Gasteiger partial charge on any atom is -0.487 e. The van der Waals surface area contributed by atoms with Gasteiger partial charge < -0.3 is 9.15 Å². The second-order valence-electron chi connectivity index (χ2n) is 3.91. The van der Waals surface area contributed by atoms with E-state index in [0.29, 0.717) is 5.56 Å². The molecule has 0 bridgehead atoms. The van der Waals surface area contributed by atoms with E-state index in [4.69, 9.17) is 26.6 Å². The number of nitrogen functional groups attached to an aromatic ring is 1. The number of nitro benzene ring substituents is 1. The van der Waals surface area contributed by atoms with E-state index in [9.17, 15) is 14.9 Å². The molecule has 0 saturated heterocycles. The van der Waals surface area contributed by atoms with Crippen molar-refractivity contribution < 1.29 is 18.9 Å². The summed E-state index contributed by atoms with van der Waals surface area (Å²) in [7, 11) is 0. The molecule has 8 nitrogen and oxygen atoms in total. The van der Waals surface area contributed by atoms with E-state index in [1.165, 1.54) is 24.5 Å². The highest BCUT2D eigenvalue weighted by atomic mass is 35.5. The number of hydrogen-bond acceptors (Lipinski definition) is 6. The smallest absolute Gasteiger partial charge is 0.301 e. The number of nitrogens with two attached hydrogens (primary N) is 1. The molecule has 3 N–H and O–H groups in total. The van der Waals surface area contributed by atoms with Crippen molar-refractivity contribution in [2.75, 3.05) is 0 Å². The molecule has 2 rings (SSSR count). The number of nitro groups is 1. The van der Waals surface area contributed by atoms with Crippen LogP contribution in [0.25, 0.3) is 0 Å². The van der Waals surface area contributed by atoms with Crippen molar-refractivity contribution in [2.24, 2.45) is 5.84 Å². The Balaban J connectivity index is 2.12. The topological polar surface area (TPSA) is 121 Å². The van der Waals surface area contributed by atoms with Gasteiger partial charge in [0.05, 0.1) is 16.2 Å². The molecule has 0 aliphatic rings. The Morgan fingerprint density at radius 3 is 2.86 bits per heavy atom. The van der Waals surface area contributed by atoms with Gasteiger partial charge in [0.25, 0.3) is 5.69 Å². The zero-order chi connectivity index (χ0) is 15.4. The minimum absolute atomic E-state index is 0.00319. The monoisotopic (exact) mass is 311 g/mol. The fourth-order valence-electron chi connectivity index (χ4n) is 1.59. The largest absolute Gasteiger partial charge is 0.487 e. The van der Waals surface area contributed by atoms with Crippen molar-refractivity contribution in [3.8, 4) is 5.75 Å². The molecule has 0 atom stereocenters. The van der Waals surface area contributed by atoms with Crippen LogP contribution in [0.3, 0.4) is 0 Å². The van der Waals surface area contributed by atoms with Gasteiger partial charge in [-0.15, -0.1) is 0 Å². The Labute approximate surface area is 123 Å². The van der Waals surface area contributed by atoms with E-state index in [-0.39, 0.29) is 28.8 Å². The maximum absolute atomic E-state index is 11.4. The van der Waals surface area contributed by atoms with E-state index in [0.717, 1.165) is 0 Å². The molecule has 0 unspecified atom stereocenters. The lowest BCUT2D eigenvalue weighted by Crippen LogP contribution is -2.30. The first-order valence-corrected chi connectivity index (χ1v) is 6.04. The van der Waals surface area contributed by atoms with Gasteiger partial charge >= 0.3 is 5.91 Å². The normalized spacial score (nSPS) is 10.2. The Hall–Kier alpha value is -2.58. The summed E-state index contributed by atoms with van der Waals surface area (Å²) in [6, 6.07) is 5.37. The van der Waals surface area contributed by atoms with Crippen LogP contribution in [0.5, 0.6) is 5.75 Å². The molecular formula is C12H10ClN3O5. The summed E-state index contributed by atoms with van der Waals surface area (Å²) in [6.45, 7) is -0.00319. The van der Waals surface area contributed by atoms with Gasteiger partial charge in [-0.05, 0) is 12.1 Å². The van der Waals surface area contributed by atoms with Crippen LogP contribution in [0, 0.1) is 10.1 Å². The van der Waals surface area contributed by atoms with E-state index in [1.807, 2.05) is 5.43 Å². The number of benzene rings is 1. The first-order chi connectivity index (χ1) is 10.0. The molecule has 0 fully saturated rings.